The smallest absolute Gasteiger partial charge is 0.130 e. The van der Waals surface area contributed by atoms with Gasteiger partial charge in [-0.05, 0) is 44.2 Å². The van der Waals surface area contributed by atoms with Crippen molar-refractivity contribution >= 4 is 5.69 Å². The van der Waals surface area contributed by atoms with Gasteiger partial charge in [0.2, 0.25) is 0 Å². The van der Waals surface area contributed by atoms with Crippen LogP contribution in [-0.2, 0) is 0 Å². The summed E-state index contributed by atoms with van der Waals surface area (Å²) in [5.41, 5.74) is 7.63. The maximum atomic E-state index is 14.0. The quantitative estimate of drug-likeness (QED) is 0.892. The summed E-state index contributed by atoms with van der Waals surface area (Å²) in [6.45, 7) is 6.15. The lowest BCUT2D eigenvalue weighted by molar-refractivity contribution is 0.435. The number of rotatable bonds is 4. The highest BCUT2D eigenvalue weighted by Gasteiger charge is 2.21. The highest BCUT2D eigenvalue weighted by Crippen LogP contribution is 2.31. The minimum atomic E-state index is -0.263. The van der Waals surface area contributed by atoms with Crippen LogP contribution in [0.25, 0.3) is 0 Å². The van der Waals surface area contributed by atoms with Gasteiger partial charge in [0.25, 0.3) is 0 Å². The molecule has 2 atom stereocenters. The Balaban J connectivity index is 2.17. The summed E-state index contributed by atoms with van der Waals surface area (Å²) < 4.78 is 14.0. The third-order valence-corrected chi connectivity index (χ3v) is 4.37. The summed E-state index contributed by atoms with van der Waals surface area (Å²) in [6.07, 6.45) is 6.28. The Morgan fingerprint density at radius 1 is 1.35 bits per heavy atom. The molecule has 0 spiro atoms. The topological polar surface area (TPSA) is 29.3 Å². The van der Waals surface area contributed by atoms with E-state index in [0.717, 1.165) is 24.7 Å². The van der Waals surface area contributed by atoms with Gasteiger partial charge in [0.05, 0.1) is 0 Å². The monoisotopic (exact) mass is 278 g/mol. The first-order valence-corrected chi connectivity index (χ1v) is 7.92. The van der Waals surface area contributed by atoms with Gasteiger partial charge in [-0.25, -0.2) is 4.39 Å². The molecule has 0 amide bonds. The van der Waals surface area contributed by atoms with Crippen LogP contribution in [0.4, 0.5) is 10.1 Å². The summed E-state index contributed by atoms with van der Waals surface area (Å²) in [5.74, 6) is 0.657. The van der Waals surface area contributed by atoms with Crippen LogP contribution in [0.2, 0.25) is 0 Å². The summed E-state index contributed by atoms with van der Waals surface area (Å²) in [5, 5.41) is 0. The lowest BCUT2D eigenvalue weighted by atomic mass is 9.96. The van der Waals surface area contributed by atoms with E-state index in [1.165, 1.54) is 38.2 Å². The molecule has 20 heavy (non-hydrogen) atoms. The molecule has 0 radical (unpaired) electrons. The van der Waals surface area contributed by atoms with Crippen LogP contribution in [0.15, 0.2) is 18.2 Å². The zero-order valence-electron chi connectivity index (χ0n) is 12.7. The lowest BCUT2D eigenvalue weighted by Gasteiger charge is -2.27. The normalized spacial score (nSPS) is 21.6. The average molecular weight is 278 g/mol. The molecule has 0 aromatic heterocycles. The SMILES string of the molecule is CCCC1CCCN(c2cccc(F)c2[C@@H](C)N)CC1. The predicted octanol–water partition coefficient (Wildman–Crippen LogP) is 4.25. The van der Waals surface area contributed by atoms with E-state index in [-0.39, 0.29) is 11.9 Å². The summed E-state index contributed by atoms with van der Waals surface area (Å²) in [6, 6.07) is 5.06. The van der Waals surface area contributed by atoms with Gasteiger partial charge >= 0.3 is 0 Å². The zero-order chi connectivity index (χ0) is 14.5. The largest absolute Gasteiger partial charge is 0.371 e. The molecule has 1 aromatic carbocycles. The molecule has 112 valence electrons. The first-order valence-electron chi connectivity index (χ1n) is 7.92. The Morgan fingerprint density at radius 2 is 2.15 bits per heavy atom. The van der Waals surface area contributed by atoms with E-state index in [9.17, 15) is 4.39 Å². The molecule has 1 fully saturated rings. The highest BCUT2D eigenvalue weighted by molar-refractivity contribution is 5.55. The van der Waals surface area contributed by atoms with Crippen molar-refractivity contribution in [1.82, 2.24) is 0 Å². The van der Waals surface area contributed by atoms with Crippen molar-refractivity contribution in [2.24, 2.45) is 11.7 Å². The first kappa shape index (κ1) is 15.3. The van der Waals surface area contributed by atoms with Crippen molar-refractivity contribution in [3.63, 3.8) is 0 Å². The van der Waals surface area contributed by atoms with E-state index >= 15 is 0 Å². The number of hydrogen-bond acceptors (Lipinski definition) is 2. The molecule has 0 saturated carbocycles. The Bertz CT molecular complexity index is 431. The molecule has 1 unspecified atom stereocenters. The van der Waals surface area contributed by atoms with Crippen LogP contribution in [0.1, 0.15) is 57.6 Å². The van der Waals surface area contributed by atoms with Gasteiger partial charge in [-0.15, -0.1) is 0 Å². The van der Waals surface area contributed by atoms with Gasteiger partial charge in [-0.1, -0.05) is 25.8 Å². The molecular formula is C17H27FN2. The predicted molar refractivity (Wildman–Crippen MR) is 83.5 cm³/mol. The number of halogens is 1. The standard InChI is InChI=1S/C17H27FN2/c1-3-6-14-7-5-11-20(12-10-14)16-9-4-8-15(18)17(16)13(2)19/h4,8-9,13-14H,3,5-7,10-12,19H2,1-2H3/t13-,14?/m1/s1. The first-order chi connectivity index (χ1) is 9.63. The van der Waals surface area contributed by atoms with Gasteiger partial charge in [-0.3, -0.25) is 0 Å². The van der Waals surface area contributed by atoms with E-state index in [1.54, 1.807) is 6.07 Å². The van der Waals surface area contributed by atoms with Crippen molar-refractivity contribution in [3.05, 3.63) is 29.6 Å². The maximum absolute atomic E-state index is 14.0. The maximum Gasteiger partial charge on any atom is 0.130 e. The van der Waals surface area contributed by atoms with Crippen LogP contribution in [-0.4, -0.2) is 13.1 Å². The molecule has 3 heteroatoms. The van der Waals surface area contributed by atoms with Crippen LogP contribution >= 0.6 is 0 Å². The molecule has 1 saturated heterocycles. The van der Waals surface area contributed by atoms with Crippen molar-refractivity contribution in [2.45, 2.75) is 52.0 Å². The van der Waals surface area contributed by atoms with Crippen molar-refractivity contribution in [3.8, 4) is 0 Å². The van der Waals surface area contributed by atoms with E-state index in [1.807, 2.05) is 13.0 Å². The molecule has 1 aliphatic heterocycles. The average Bonchev–Trinajstić information content (AvgIpc) is 2.64. The summed E-state index contributed by atoms with van der Waals surface area (Å²) in [7, 11) is 0. The fourth-order valence-corrected chi connectivity index (χ4v) is 3.36. The Morgan fingerprint density at radius 3 is 2.85 bits per heavy atom. The second kappa shape index (κ2) is 7.07. The van der Waals surface area contributed by atoms with Crippen molar-refractivity contribution < 1.29 is 4.39 Å². The number of anilines is 1. The van der Waals surface area contributed by atoms with Crippen LogP contribution < -0.4 is 10.6 Å². The number of hydrogen-bond donors (Lipinski definition) is 1. The Labute approximate surface area is 122 Å². The molecule has 0 aliphatic carbocycles. The fourth-order valence-electron chi connectivity index (χ4n) is 3.36. The Kier molecular flexibility index (Phi) is 5.41. The number of benzene rings is 1. The highest BCUT2D eigenvalue weighted by atomic mass is 19.1. The molecule has 1 aromatic rings. The third-order valence-electron chi connectivity index (χ3n) is 4.37. The molecule has 1 heterocycles. The Hall–Kier alpha value is -1.09. The van der Waals surface area contributed by atoms with Gasteiger partial charge in [-0.2, -0.15) is 0 Å². The molecule has 2 rings (SSSR count). The molecular weight excluding hydrogens is 251 g/mol. The minimum Gasteiger partial charge on any atom is -0.371 e. The van der Waals surface area contributed by atoms with Gasteiger partial charge in [0.1, 0.15) is 5.82 Å². The van der Waals surface area contributed by atoms with E-state index < -0.39 is 0 Å². The second-order valence-electron chi connectivity index (χ2n) is 6.03. The van der Waals surface area contributed by atoms with Crippen LogP contribution in [0.5, 0.6) is 0 Å². The van der Waals surface area contributed by atoms with Gasteiger partial charge < -0.3 is 10.6 Å². The van der Waals surface area contributed by atoms with E-state index in [0.29, 0.717) is 5.56 Å². The number of nitrogens with two attached hydrogens (primary N) is 1. The molecule has 0 bridgehead atoms. The fraction of sp³-hybridized carbons (Fsp3) is 0.647. The van der Waals surface area contributed by atoms with E-state index in [2.05, 4.69) is 11.8 Å². The summed E-state index contributed by atoms with van der Waals surface area (Å²) in [4.78, 5) is 2.33. The minimum absolute atomic E-state index is 0.174. The molecule has 2 nitrogen and oxygen atoms in total. The van der Waals surface area contributed by atoms with Crippen LogP contribution in [0, 0.1) is 11.7 Å². The van der Waals surface area contributed by atoms with Crippen molar-refractivity contribution in [1.29, 1.82) is 0 Å². The van der Waals surface area contributed by atoms with E-state index in [4.69, 9.17) is 5.73 Å². The van der Waals surface area contributed by atoms with Gasteiger partial charge in [0.15, 0.2) is 0 Å². The number of nitrogens with zero attached hydrogens (tertiary/aromatic N) is 1. The summed E-state index contributed by atoms with van der Waals surface area (Å²) >= 11 is 0. The molecule has 1 aliphatic rings. The van der Waals surface area contributed by atoms with Crippen molar-refractivity contribution in [2.75, 3.05) is 18.0 Å². The zero-order valence-corrected chi connectivity index (χ0v) is 12.7. The molecule has 2 N–H and O–H groups in total. The third kappa shape index (κ3) is 3.51. The van der Waals surface area contributed by atoms with Crippen LogP contribution in [0.3, 0.4) is 0 Å². The lowest BCUT2D eigenvalue weighted by Crippen LogP contribution is -2.27. The van der Waals surface area contributed by atoms with Gasteiger partial charge in [0, 0.05) is 30.4 Å². The second-order valence-corrected chi connectivity index (χ2v) is 6.03.